The third-order valence-electron chi connectivity index (χ3n) is 1.40. The Morgan fingerprint density at radius 3 is 2.40 bits per heavy atom. The van der Waals surface area contributed by atoms with E-state index in [0.29, 0.717) is 0 Å². The number of amides is 2. The van der Waals surface area contributed by atoms with Gasteiger partial charge in [0.05, 0.1) is 12.1 Å². The van der Waals surface area contributed by atoms with E-state index in [9.17, 15) is 14.4 Å². The van der Waals surface area contributed by atoms with Gasteiger partial charge in [-0.2, -0.15) is 0 Å². The maximum Gasteiger partial charge on any atom is 0.286 e. The highest BCUT2D eigenvalue weighted by molar-refractivity contribution is 6.36. The van der Waals surface area contributed by atoms with Crippen molar-refractivity contribution in [2.45, 2.75) is 0 Å². The van der Waals surface area contributed by atoms with Gasteiger partial charge >= 0.3 is 0 Å². The van der Waals surface area contributed by atoms with Crippen LogP contribution in [0.3, 0.4) is 0 Å². The Morgan fingerprint density at radius 2 is 2.00 bits per heavy atom. The summed E-state index contributed by atoms with van der Waals surface area (Å²) in [5, 5.41) is 2.18. The molecule has 80 valence electrons. The van der Waals surface area contributed by atoms with E-state index < -0.39 is 24.1 Å². The number of nitrogens with two attached hydrogens (primary N) is 1. The van der Waals surface area contributed by atoms with Crippen molar-refractivity contribution in [2.24, 2.45) is 10.7 Å². The van der Waals surface area contributed by atoms with E-state index in [-0.39, 0.29) is 5.57 Å². The Morgan fingerprint density at radius 1 is 1.40 bits per heavy atom. The third-order valence-corrected chi connectivity index (χ3v) is 1.40. The molecule has 0 aromatic carbocycles. The molecule has 0 fully saturated rings. The van der Waals surface area contributed by atoms with Crippen LogP contribution in [0.4, 0.5) is 0 Å². The van der Waals surface area contributed by atoms with Crippen LogP contribution in [-0.4, -0.2) is 30.9 Å². The van der Waals surface area contributed by atoms with Crippen molar-refractivity contribution in [2.75, 3.05) is 6.54 Å². The number of hydrogen-bond acceptors (Lipinski definition) is 4. The minimum absolute atomic E-state index is 0.141. The molecule has 0 aliphatic heterocycles. The Balaban J connectivity index is 4.31. The van der Waals surface area contributed by atoms with E-state index in [1.807, 2.05) is 0 Å². The second kappa shape index (κ2) is 6.25. The second-order valence-corrected chi connectivity index (χ2v) is 2.44. The SMILES string of the molecule is C=CC(=CN=C)C(=O)NCC(=O)C(N)=O. The van der Waals surface area contributed by atoms with Gasteiger partial charge in [-0.3, -0.25) is 19.4 Å². The molecule has 0 aromatic rings. The van der Waals surface area contributed by atoms with Gasteiger partial charge in [0.1, 0.15) is 0 Å². The highest BCUT2D eigenvalue weighted by Gasteiger charge is 2.11. The lowest BCUT2D eigenvalue weighted by Gasteiger charge is -2.02. The average Bonchev–Trinajstić information content (AvgIpc) is 2.21. The molecular formula is C9H11N3O3. The first-order chi connectivity index (χ1) is 7.02. The fourth-order valence-electron chi connectivity index (χ4n) is 0.652. The molecule has 0 aliphatic carbocycles. The van der Waals surface area contributed by atoms with Gasteiger partial charge in [0.25, 0.3) is 11.8 Å². The number of ketones is 1. The summed E-state index contributed by atoms with van der Waals surface area (Å²) < 4.78 is 0. The van der Waals surface area contributed by atoms with Crippen molar-refractivity contribution in [3.63, 3.8) is 0 Å². The molecule has 0 saturated carbocycles. The molecular weight excluding hydrogens is 198 g/mol. The van der Waals surface area contributed by atoms with Gasteiger partial charge < -0.3 is 11.1 Å². The Bertz CT molecular complexity index is 345. The number of aliphatic imine (C=N–C) groups is 1. The molecule has 0 radical (unpaired) electrons. The molecule has 0 heterocycles. The maximum absolute atomic E-state index is 11.2. The normalized spacial score (nSPS) is 10.3. The van der Waals surface area contributed by atoms with Gasteiger partial charge in [-0.25, -0.2) is 0 Å². The van der Waals surface area contributed by atoms with Crippen LogP contribution in [0.15, 0.2) is 29.4 Å². The summed E-state index contributed by atoms with van der Waals surface area (Å²) in [6, 6.07) is 0. The van der Waals surface area contributed by atoms with Crippen LogP contribution >= 0.6 is 0 Å². The third kappa shape index (κ3) is 4.51. The highest BCUT2D eigenvalue weighted by atomic mass is 16.2. The van der Waals surface area contributed by atoms with Crippen molar-refractivity contribution in [1.82, 2.24) is 5.32 Å². The molecule has 0 atom stereocenters. The standard InChI is InChI=1S/C9H11N3O3/c1-3-6(4-11-2)9(15)12-5-7(13)8(10)14/h3-4H,1-2,5H2,(H2,10,14)(H,12,15). The lowest BCUT2D eigenvalue weighted by molar-refractivity contribution is -0.136. The van der Waals surface area contributed by atoms with Crippen LogP contribution in [0.1, 0.15) is 0 Å². The van der Waals surface area contributed by atoms with Gasteiger partial charge in [-0.05, 0) is 6.72 Å². The molecule has 0 saturated heterocycles. The minimum atomic E-state index is -1.10. The van der Waals surface area contributed by atoms with Gasteiger partial charge in [-0.1, -0.05) is 12.7 Å². The number of primary amides is 1. The van der Waals surface area contributed by atoms with E-state index in [2.05, 4.69) is 29.3 Å². The van der Waals surface area contributed by atoms with Crippen molar-refractivity contribution in [3.8, 4) is 0 Å². The first-order valence-corrected chi connectivity index (χ1v) is 3.92. The van der Waals surface area contributed by atoms with Crippen molar-refractivity contribution < 1.29 is 14.4 Å². The van der Waals surface area contributed by atoms with Crippen LogP contribution < -0.4 is 11.1 Å². The maximum atomic E-state index is 11.2. The zero-order valence-corrected chi connectivity index (χ0v) is 8.03. The quantitative estimate of drug-likeness (QED) is 0.252. The summed E-state index contributed by atoms with van der Waals surface area (Å²) in [5.41, 5.74) is 4.83. The molecule has 3 N–H and O–H groups in total. The molecule has 2 amide bonds. The predicted octanol–water partition coefficient (Wildman–Crippen LogP) is -1.07. The monoisotopic (exact) mass is 209 g/mol. The lowest BCUT2D eigenvalue weighted by Crippen LogP contribution is -2.36. The smallest absolute Gasteiger partial charge is 0.286 e. The van der Waals surface area contributed by atoms with E-state index in [4.69, 9.17) is 0 Å². The zero-order valence-electron chi connectivity index (χ0n) is 8.03. The number of carbonyl (C=O) groups excluding carboxylic acids is 3. The van der Waals surface area contributed by atoms with Crippen molar-refractivity contribution in [1.29, 1.82) is 0 Å². The number of hydrogen-bond donors (Lipinski definition) is 2. The van der Waals surface area contributed by atoms with Gasteiger partial charge in [0.15, 0.2) is 0 Å². The van der Waals surface area contributed by atoms with E-state index >= 15 is 0 Å². The molecule has 0 rings (SSSR count). The number of rotatable bonds is 6. The molecule has 15 heavy (non-hydrogen) atoms. The van der Waals surface area contributed by atoms with Crippen molar-refractivity contribution >= 4 is 24.3 Å². The summed E-state index contributed by atoms with van der Waals surface area (Å²) in [6.07, 6.45) is 2.43. The van der Waals surface area contributed by atoms with E-state index in [1.54, 1.807) is 0 Å². The predicted molar refractivity (Wildman–Crippen MR) is 55.0 cm³/mol. The van der Waals surface area contributed by atoms with Gasteiger partial charge in [0.2, 0.25) is 5.78 Å². The van der Waals surface area contributed by atoms with Crippen LogP contribution in [0.25, 0.3) is 0 Å². The number of nitrogens with one attached hydrogen (secondary N) is 1. The van der Waals surface area contributed by atoms with E-state index in [0.717, 1.165) is 0 Å². The lowest BCUT2D eigenvalue weighted by atomic mass is 10.2. The number of carbonyl (C=O) groups is 3. The first kappa shape index (κ1) is 12.8. The fourth-order valence-corrected chi connectivity index (χ4v) is 0.652. The molecule has 6 nitrogen and oxygen atoms in total. The van der Waals surface area contributed by atoms with Crippen LogP contribution in [-0.2, 0) is 14.4 Å². The Kier molecular flexibility index (Phi) is 5.32. The summed E-state index contributed by atoms with van der Waals surface area (Å²) in [4.78, 5) is 35.7. The average molecular weight is 209 g/mol. The van der Waals surface area contributed by atoms with Crippen molar-refractivity contribution in [3.05, 3.63) is 24.4 Å². The van der Waals surface area contributed by atoms with Gasteiger partial charge in [-0.15, -0.1) is 0 Å². The summed E-state index contributed by atoms with van der Waals surface area (Å²) in [5.74, 6) is -2.55. The van der Waals surface area contributed by atoms with Crippen LogP contribution in [0, 0.1) is 0 Å². The molecule has 0 aromatic heterocycles. The first-order valence-electron chi connectivity index (χ1n) is 3.92. The highest BCUT2D eigenvalue weighted by Crippen LogP contribution is 1.95. The topological polar surface area (TPSA) is 102 Å². The van der Waals surface area contributed by atoms with E-state index in [1.165, 1.54) is 12.3 Å². The largest absolute Gasteiger partial charge is 0.363 e. The second-order valence-electron chi connectivity index (χ2n) is 2.44. The number of nitrogens with zero attached hydrogens (tertiary/aromatic N) is 1. The molecule has 0 spiro atoms. The van der Waals surface area contributed by atoms with Crippen LogP contribution in [0.2, 0.25) is 0 Å². The summed E-state index contributed by atoms with van der Waals surface area (Å²) >= 11 is 0. The molecule has 0 aliphatic rings. The Hall–Kier alpha value is -2.24. The summed E-state index contributed by atoms with van der Waals surface area (Å²) in [7, 11) is 0. The number of Topliss-reactive ketones (excluding diaryl/α,β-unsaturated/α-hetero) is 1. The molecule has 0 bridgehead atoms. The summed E-state index contributed by atoms with van der Waals surface area (Å²) in [6.45, 7) is 6.08. The molecule has 6 heteroatoms. The van der Waals surface area contributed by atoms with Gasteiger partial charge in [0, 0.05) is 6.20 Å². The van der Waals surface area contributed by atoms with Crippen LogP contribution in [0.5, 0.6) is 0 Å². The Labute approximate surface area is 86.5 Å². The molecule has 0 unspecified atom stereocenters. The fraction of sp³-hybridized carbons (Fsp3) is 0.111. The zero-order chi connectivity index (χ0) is 11.8. The minimum Gasteiger partial charge on any atom is -0.363 e.